The number of β-lactam (4-membered cyclic amide) rings is 1. The quantitative estimate of drug-likeness (QED) is 0.653. The first-order valence-electron chi connectivity index (χ1n) is 5.11. The molecule has 0 radical (unpaired) electrons. The summed E-state index contributed by atoms with van der Waals surface area (Å²) in [5.74, 6) is -0.316. The molecule has 2 amide bonds. The fourth-order valence-electron chi connectivity index (χ4n) is 1.40. The number of benzene rings is 1. The summed E-state index contributed by atoms with van der Waals surface area (Å²) in [6.07, 6.45) is -0.614. The molecule has 17 heavy (non-hydrogen) atoms. The minimum Gasteiger partial charge on any atom is -0.445 e. The molecule has 1 aromatic rings. The molecule has 5 nitrogen and oxygen atoms in total. The maximum atomic E-state index is 11.3. The molecule has 1 aliphatic rings. The van der Waals surface area contributed by atoms with E-state index in [9.17, 15) is 9.59 Å². The van der Waals surface area contributed by atoms with Crippen LogP contribution in [0.1, 0.15) is 5.56 Å². The predicted octanol–water partition coefficient (Wildman–Crippen LogP) is 1.28. The van der Waals surface area contributed by atoms with E-state index in [1.54, 1.807) is 0 Å². The Balaban J connectivity index is 1.73. The van der Waals surface area contributed by atoms with Crippen LogP contribution >= 0.6 is 11.8 Å². The van der Waals surface area contributed by atoms with E-state index in [4.69, 9.17) is 16.5 Å². The number of alkyl carbamates (subject to hydrolysis) is 1. The van der Waals surface area contributed by atoms with Gasteiger partial charge in [-0.2, -0.15) is 0 Å². The van der Waals surface area contributed by atoms with Gasteiger partial charge in [0.15, 0.2) is 0 Å². The van der Waals surface area contributed by atoms with E-state index in [1.165, 1.54) is 0 Å². The normalized spacial score (nSPS) is 18.5. The molecular weight excluding hydrogens is 244 g/mol. The highest BCUT2D eigenvalue weighted by Gasteiger charge is 2.37. The zero-order chi connectivity index (χ0) is 12.3. The molecule has 1 unspecified atom stereocenters. The summed E-state index contributed by atoms with van der Waals surface area (Å²) in [4.78, 5) is 22.4. The predicted molar refractivity (Wildman–Crippen MR) is 61.1 cm³/mol. The first-order chi connectivity index (χ1) is 8.16. The first-order valence-corrected chi connectivity index (χ1v) is 5.45. The van der Waals surface area contributed by atoms with Gasteiger partial charge in [-0.1, -0.05) is 30.3 Å². The molecule has 1 fully saturated rings. The van der Waals surface area contributed by atoms with Crippen molar-refractivity contribution in [2.24, 2.45) is 0 Å². The van der Waals surface area contributed by atoms with Crippen molar-refractivity contribution < 1.29 is 14.3 Å². The molecular formula is C11H11ClN2O3. The molecule has 1 atom stereocenters. The van der Waals surface area contributed by atoms with Gasteiger partial charge in [0.2, 0.25) is 0 Å². The van der Waals surface area contributed by atoms with Crippen molar-refractivity contribution in [3.05, 3.63) is 35.9 Å². The molecule has 1 heterocycles. The van der Waals surface area contributed by atoms with Crippen molar-refractivity contribution in [1.29, 1.82) is 0 Å². The van der Waals surface area contributed by atoms with Crippen LogP contribution in [0.3, 0.4) is 0 Å². The molecule has 0 saturated carbocycles. The molecule has 90 valence electrons. The van der Waals surface area contributed by atoms with Crippen molar-refractivity contribution in [3.63, 3.8) is 0 Å². The maximum Gasteiger partial charge on any atom is 0.408 e. The van der Waals surface area contributed by atoms with Crippen molar-refractivity contribution in [2.45, 2.75) is 12.6 Å². The number of halogens is 1. The van der Waals surface area contributed by atoms with Gasteiger partial charge in [0, 0.05) is 11.8 Å². The van der Waals surface area contributed by atoms with Crippen molar-refractivity contribution >= 4 is 23.8 Å². The molecule has 6 heteroatoms. The monoisotopic (exact) mass is 254 g/mol. The Morgan fingerprint density at radius 1 is 1.47 bits per heavy atom. The molecule has 0 spiro atoms. The lowest BCUT2D eigenvalue weighted by Crippen LogP contribution is -2.60. The van der Waals surface area contributed by atoms with Crippen LogP contribution in [0.15, 0.2) is 30.3 Å². The summed E-state index contributed by atoms with van der Waals surface area (Å²) in [5, 5.41) is 2.43. The lowest BCUT2D eigenvalue weighted by Gasteiger charge is -2.32. The minimum atomic E-state index is -0.614. The van der Waals surface area contributed by atoms with Crippen LogP contribution < -0.4 is 5.32 Å². The average Bonchev–Trinajstić information content (AvgIpc) is 2.37. The Hall–Kier alpha value is -1.75. The third kappa shape index (κ3) is 2.88. The lowest BCUT2D eigenvalue weighted by molar-refractivity contribution is -0.136. The van der Waals surface area contributed by atoms with Gasteiger partial charge in [-0.25, -0.2) is 4.79 Å². The summed E-state index contributed by atoms with van der Waals surface area (Å²) < 4.78 is 5.97. The number of nitrogens with zero attached hydrogens (tertiary/aromatic N) is 1. The van der Waals surface area contributed by atoms with Crippen molar-refractivity contribution in [1.82, 2.24) is 9.74 Å². The maximum absolute atomic E-state index is 11.3. The number of ether oxygens (including phenoxy) is 1. The van der Waals surface area contributed by atoms with Crippen LogP contribution in [-0.2, 0) is 16.1 Å². The number of hydrogen-bond donors (Lipinski definition) is 1. The second-order valence-electron chi connectivity index (χ2n) is 3.64. The van der Waals surface area contributed by atoms with E-state index >= 15 is 0 Å². The lowest BCUT2D eigenvalue weighted by atomic mass is 10.2. The summed E-state index contributed by atoms with van der Waals surface area (Å²) in [6.45, 7) is 0.485. The molecule has 0 bridgehead atoms. The Morgan fingerprint density at radius 2 is 2.18 bits per heavy atom. The van der Waals surface area contributed by atoms with Crippen LogP contribution in [0.25, 0.3) is 0 Å². The molecule has 1 aromatic carbocycles. The van der Waals surface area contributed by atoms with Gasteiger partial charge in [0.1, 0.15) is 12.6 Å². The van der Waals surface area contributed by atoms with E-state index in [0.717, 1.165) is 9.98 Å². The van der Waals surface area contributed by atoms with Gasteiger partial charge in [0.25, 0.3) is 5.91 Å². The average molecular weight is 255 g/mol. The molecule has 1 aliphatic heterocycles. The zero-order valence-electron chi connectivity index (χ0n) is 8.93. The summed E-state index contributed by atoms with van der Waals surface area (Å²) in [6, 6.07) is 8.74. The fraction of sp³-hybridized carbons (Fsp3) is 0.273. The highest BCUT2D eigenvalue weighted by molar-refractivity contribution is 6.24. The topological polar surface area (TPSA) is 58.6 Å². The minimum absolute atomic E-state index is 0.179. The Morgan fingerprint density at radius 3 is 2.76 bits per heavy atom. The number of amides is 2. The van der Waals surface area contributed by atoms with E-state index in [0.29, 0.717) is 6.54 Å². The van der Waals surface area contributed by atoms with Gasteiger partial charge in [-0.15, -0.1) is 0 Å². The van der Waals surface area contributed by atoms with Gasteiger partial charge in [-0.05, 0) is 5.56 Å². The molecule has 2 rings (SSSR count). The summed E-state index contributed by atoms with van der Waals surface area (Å²) >= 11 is 5.44. The highest BCUT2D eigenvalue weighted by Crippen LogP contribution is 2.12. The molecule has 0 aliphatic carbocycles. The molecule has 0 aromatic heterocycles. The number of nitrogens with one attached hydrogen (secondary N) is 1. The standard InChI is InChI=1S/C11H11ClN2O3/c12-14-6-9(10(14)15)13-11(16)17-7-8-4-2-1-3-5-8/h1-5,9H,6-7H2,(H,13,16). The van der Waals surface area contributed by atoms with Crippen LogP contribution in [0.5, 0.6) is 0 Å². The Labute approximate surface area is 103 Å². The number of carbonyl (C=O) groups is 2. The Bertz CT molecular complexity index is 424. The number of carbonyl (C=O) groups excluding carboxylic acids is 2. The van der Waals surface area contributed by atoms with E-state index in [2.05, 4.69) is 5.32 Å². The summed E-state index contributed by atoms with van der Waals surface area (Å²) in [5.41, 5.74) is 0.890. The largest absolute Gasteiger partial charge is 0.445 e. The van der Waals surface area contributed by atoms with Crippen LogP contribution in [0, 0.1) is 0 Å². The third-order valence-electron chi connectivity index (χ3n) is 2.38. The Kier molecular flexibility index (Phi) is 3.49. The van der Waals surface area contributed by atoms with Crippen molar-refractivity contribution in [3.8, 4) is 0 Å². The second kappa shape index (κ2) is 5.05. The van der Waals surface area contributed by atoms with E-state index < -0.39 is 12.1 Å². The van der Waals surface area contributed by atoms with Crippen LogP contribution in [0.2, 0.25) is 0 Å². The van der Waals surface area contributed by atoms with E-state index in [-0.39, 0.29) is 12.5 Å². The SMILES string of the molecule is O=C(NC1CN(Cl)C1=O)OCc1ccccc1. The van der Waals surface area contributed by atoms with Gasteiger partial charge < -0.3 is 10.1 Å². The van der Waals surface area contributed by atoms with E-state index in [1.807, 2.05) is 30.3 Å². The zero-order valence-corrected chi connectivity index (χ0v) is 9.68. The van der Waals surface area contributed by atoms with Crippen LogP contribution in [-0.4, -0.2) is 29.0 Å². The fourth-order valence-corrected chi connectivity index (χ4v) is 1.66. The second-order valence-corrected chi connectivity index (χ2v) is 4.05. The highest BCUT2D eigenvalue weighted by atomic mass is 35.5. The first kappa shape index (κ1) is 11.7. The number of rotatable bonds is 3. The molecule has 1 N–H and O–H groups in total. The van der Waals surface area contributed by atoms with Gasteiger partial charge in [0.05, 0.1) is 6.54 Å². The number of hydrogen-bond acceptors (Lipinski definition) is 3. The van der Waals surface area contributed by atoms with Gasteiger partial charge >= 0.3 is 6.09 Å². The summed E-state index contributed by atoms with van der Waals surface area (Å²) in [7, 11) is 0. The van der Waals surface area contributed by atoms with Crippen LogP contribution in [0.4, 0.5) is 4.79 Å². The molecule has 1 saturated heterocycles. The smallest absolute Gasteiger partial charge is 0.408 e. The van der Waals surface area contributed by atoms with Crippen molar-refractivity contribution in [2.75, 3.05) is 6.54 Å². The third-order valence-corrected chi connectivity index (χ3v) is 2.69. The van der Waals surface area contributed by atoms with Gasteiger partial charge in [-0.3, -0.25) is 9.21 Å².